The molecule has 6 heteroatoms. The zero-order valence-corrected chi connectivity index (χ0v) is 12.3. The number of halogens is 2. The van der Waals surface area contributed by atoms with Crippen LogP contribution in [0.2, 0.25) is 0 Å². The van der Waals surface area contributed by atoms with Crippen LogP contribution in [0.5, 0.6) is 0 Å². The second kappa shape index (κ2) is 8.92. The van der Waals surface area contributed by atoms with E-state index in [1.54, 1.807) is 24.3 Å². The summed E-state index contributed by atoms with van der Waals surface area (Å²) in [5.41, 5.74) is 5.89. The Kier molecular flexibility index (Phi) is 7.54. The smallest absolute Gasteiger partial charge is 0.288 e. The zero-order valence-electron chi connectivity index (χ0n) is 11.4. The molecule has 0 radical (unpaired) electrons. The predicted molar refractivity (Wildman–Crippen MR) is 79.0 cm³/mol. The Morgan fingerprint density at radius 3 is 2.70 bits per heavy atom. The van der Waals surface area contributed by atoms with E-state index >= 15 is 0 Å². The van der Waals surface area contributed by atoms with Crippen molar-refractivity contribution in [3.8, 4) is 0 Å². The van der Waals surface area contributed by atoms with E-state index in [2.05, 4.69) is 5.32 Å². The van der Waals surface area contributed by atoms with Gasteiger partial charge >= 0.3 is 0 Å². The summed E-state index contributed by atoms with van der Waals surface area (Å²) >= 11 is 0.435. The van der Waals surface area contributed by atoms with Crippen molar-refractivity contribution < 1.29 is 13.6 Å². The van der Waals surface area contributed by atoms with Gasteiger partial charge in [0.2, 0.25) is 5.91 Å². The van der Waals surface area contributed by atoms with E-state index in [0.717, 1.165) is 12.8 Å². The topological polar surface area (TPSA) is 55.1 Å². The Bertz CT molecular complexity index is 429. The molecule has 1 unspecified atom stereocenters. The van der Waals surface area contributed by atoms with Crippen LogP contribution >= 0.6 is 11.8 Å². The summed E-state index contributed by atoms with van der Waals surface area (Å²) in [7, 11) is 0. The van der Waals surface area contributed by atoms with Gasteiger partial charge in [0.1, 0.15) is 0 Å². The Morgan fingerprint density at radius 1 is 1.35 bits per heavy atom. The molecule has 0 aliphatic rings. The largest absolute Gasteiger partial charge is 0.330 e. The summed E-state index contributed by atoms with van der Waals surface area (Å²) in [6.45, 7) is 2.65. The third-order valence-corrected chi connectivity index (χ3v) is 3.69. The lowest BCUT2D eigenvalue weighted by atomic mass is 10.0. The maximum Gasteiger partial charge on any atom is 0.288 e. The SMILES string of the molecule is CC(CCN)CCC(=O)Nc1ccccc1SC(F)F. The molecule has 112 valence electrons. The van der Waals surface area contributed by atoms with Crippen molar-refractivity contribution in [2.24, 2.45) is 11.7 Å². The van der Waals surface area contributed by atoms with E-state index in [4.69, 9.17) is 5.73 Å². The molecule has 3 N–H and O–H groups in total. The third-order valence-electron chi connectivity index (χ3n) is 2.90. The molecule has 1 rings (SSSR count). The van der Waals surface area contributed by atoms with Crippen molar-refractivity contribution in [2.45, 2.75) is 36.8 Å². The molecule has 20 heavy (non-hydrogen) atoms. The Balaban J connectivity index is 2.53. The van der Waals surface area contributed by atoms with Gasteiger partial charge in [-0.25, -0.2) is 0 Å². The third kappa shape index (κ3) is 6.34. The molecule has 1 aromatic carbocycles. The number of thioether (sulfide) groups is 1. The van der Waals surface area contributed by atoms with Gasteiger partial charge in [-0.2, -0.15) is 8.78 Å². The fourth-order valence-corrected chi connectivity index (χ4v) is 2.38. The van der Waals surface area contributed by atoms with Gasteiger partial charge in [0.05, 0.1) is 5.69 Å². The number of hydrogen-bond donors (Lipinski definition) is 2. The molecular weight excluding hydrogens is 282 g/mol. The van der Waals surface area contributed by atoms with E-state index in [9.17, 15) is 13.6 Å². The molecule has 0 aliphatic heterocycles. The Morgan fingerprint density at radius 2 is 2.05 bits per heavy atom. The van der Waals surface area contributed by atoms with Crippen LogP contribution < -0.4 is 11.1 Å². The standard InChI is InChI=1S/C14H20F2N2OS/c1-10(8-9-17)6-7-13(19)18-11-4-2-3-5-12(11)20-14(15)16/h2-5,10,14H,6-9,17H2,1H3,(H,18,19). The summed E-state index contributed by atoms with van der Waals surface area (Å²) in [6.07, 6.45) is 1.99. The highest BCUT2D eigenvalue weighted by molar-refractivity contribution is 7.99. The van der Waals surface area contributed by atoms with Crippen LogP contribution in [0, 0.1) is 5.92 Å². The molecule has 0 saturated heterocycles. The van der Waals surface area contributed by atoms with Crippen molar-refractivity contribution >= 4 is 23.4 Å². The van der Waals surface area contributed by atoms with Gasteiger partial charge in [-0.3, -0.25) is 4.79 Å². The minimum atomic E-state index is -2.50. The lowest BCUT2D eigenvalue weighted by Crippen LogP contribution is -2.14. The van der Waals surface area contributed by atoms with Gasteiger partial charge in [-0.05, 0) is 37.4 Å². The van der Waals surface area contributed by atoms with Gasteiger partial charge < -0.3 is 11.1 Å². The highest BCUT2D eigenvalue weighted by Gasteiger charge is 2.12. The van der Waals surface area contributed by atoms with E-state index in [-0.39, 0.29) is 5.91 Å². The van der Waals surface area contributed by atoms with Gasteiger partial charge in [0, 0.05) is 11.3 Å². The molecule has 0 heterocycles. The van der Waals surface area contributed by atoms with E-state index < -0.39 is 5.76 Å². The molecule has 0 bridgehead atoms. The first-order valence-electron chi connectivity index (χ1n) is 6.56. The van der Waals surface area contributed by atoms with E-state index in [1.807, 2.05) is 6.92 Å². The number of carbonyl (C=O) groups excluding carboxylic acids is 1. The average molecular weight is 302 g/mol. The molecule has 0 spiro atoms. The van der Waals surface area contributed by atoms with E-state index in [0.29, 0.717) is 41.2 Å². The number of alkyl halides is 2. The molecule has 0 aromatic heterocycles. The highest BCUT2D eigenvalue weighted by atomic mass is 32.2. The van der Waals surface area contributed by atoms with Crippen LogP contribution in [0.4, 0.5) is 14.5 Å². The van der Waals surface area contributed by atoms with Crippen molar-refractivity contribution in [3.63, 3.8) is 0 Å². The number of carbonyl (C=O) groups is 1. The minimum Gasteiger partial charge on any atom is -0.330 e. The number of amides is 1. The minimum absolute atomic E-state index is 0.156. The zero-order chi connectivity index (χ0) is 15.0. The fourth-order valence-electron chi connectivity index (χ4n) is 1.79. The van der Waals surface area contributed by atoms with Gasteiger partial charge in [-0.15, -0.1) is 0 Å². The van der Waals surface area contributed by atoms with Crippen molar-refractivity contribution in [1.82, 2.24) is 0 Å². The summed E-state index contributed by atoms with van der Waals surface area (Å²) < 4.78 is 24.8. The molecule has 3 nitrogen and oxygen atoms in total. The number of rotatable bonds is 8. The van der Waals surface area contributed by atoms with Crippen molar-refractivity contribution in [2.75, 3.05) is 11.9 Å². The summed E-state index contributed by atoms with van der Waals surface area (Å²) in [5.74, 6) is -2.27. The molecule has 0 saturated carbocycles. The molecular formula is C14H20F2N2OS. The quantitative estimate of drug-likeness (QED) is 0.720. The fraction of sp³-hybridized carbons (Fsp3) is 0.500. The predicted octanol–water partition coefficient (Wildman–Crippen LogP) is 3.70. The second-order valence-corrected chi connectivity index (χ2v) is 5.68. The van der Waals surface area contributed by atoms with Gasteiger partial charge in [0.15, 0.2) is 0 Å². The van der Waals surface area contributed by atoms with Gasteiger partial charge in [0.25, 0.3) is 5.76 Å². The number of nitrogens with one attached hydrogen (secondary N) is 1. The van der Waals surface area contributed by atoms with Crippen LogP contribution in [-0.4, -0.2) is 18.2 Å². The summed E-state index contributed by atoms with van der Waals surface area (Å²) in [5, 5.41) is 2.69. The van der Waals surface area contributed by atoms with Crippen LogP contribution in [0.15, 0.2) is 29.2 Å². The molecule has 0 fully saturated rings. The summed E-state index contributed by atoms with van der Waals surface area (Å²) in [4.78, 5) is 12.2. The maximum absolute atomic E-state index is 12.4. The molecule has 1 amide bonds. The van der Waals surface area contributed by atoms with E-state index in [1.165, 1.54) is 0 Å². The molecule has 1 aromatic rings. The first kappa shape index (κ1) is 16.9. The number of para-hydroxylation sites is 1. The number of nitrogens with two attached hydrogens (primary N) is 1. The monoisotopic (exact) mass is 302 g/mol. The lowest BCUT2D eigenvalue weighted by Gasteiger charge is -2.12. The Hall–Kier alpha value is -1.14. The van der Waals surface area contributed by atoms with Gasteiger partial charge in [-0.1, -0.05) is 30.8 Å². The van der Waals surface area contributed by atoms with Crippen LogP contribution in [0.1, 0.15) is 26.2 Å². The highest BCUT2D eigenvalue weighted by Crippen LogP contribution is 2.31. The Labute approximate surface area is 122 Å². The lowest BCUT2D eigenvalue weighted by molar-refractivity contribution is -0.116. The molecule has 1 atom stereocenters. The average Bonchev–Trinajstić information content (AvgIpc) is 2.38. The first-order valence-corrected chi connectivity index (χ1v) is 7.44. The second-order valence-electron chi connectivity index (χ2n) is 4.64. The van der Waals surface area contributed by atoms with Crippen molar-refractivity contribution in [3.05, 3.63) is 24.3 Å². The first-order chi connectivity index (χ1) is 9.52. The van der Waals surface area contributed by atoms with Crippen LogP contribution in [0.3, 0.4) is 0 Å². The van der Waals surface area contributed by atoms with Crippen LogP contribution in [-0.2, 0) is 4.79 Å². The normalized spacial score (nSPS) is 12.4. The maximum atomic E-state index is 12.4. The molecule has 0 aliphatic carbocycles. The number of benzene rings is 1. The van der Waals surface area contributed by atoms with Crippen molar-refractivity contribution in [1.29, 1.82) is 0 Å². The number of anilines is 1. The number of hydrogen-bond acceptors (Lipinski definition) is 3. The van der Waals surface area contributed by atoms with Crippen LogP contribution in [0.25, 0.3) is 0 Å². The summed E-state index contributed by atoms with van der Waals surface area (Å²) in [6, 6.07) is 6.58.